The largest absolute Gasteiger partial charge is 0.440 e. The molecule has 120 valence electrons. The van der Waals surface area contributed by atoms with Crippen molar-refractivity contribution in [3.05, 3.63) is 73.1 Å². The molecule has 0 bridgehead atoms. The topological polar surface area (TPSA) is 59.0 Å². The maximum Gasteiger partial charge on any atom is 0.205 e. The summed E-state index contributed by atoms with van der Waals surface area (Å²) in [4.78, 5) is 2.37. The molecule has 1 aliphatic heterocycles. The van der Waals surface area contributed by atoms with Crippen LogP contribution in [0.25, 0.3) is 6.08 Å². The van der Waals surface area contributed by atoms with Gasteiger partial charge in [-0.2, -0.15) is 5.26 Å². The second-order valence-corrected chi connectivity index (χ2v) is 7.79. The zero-order chi connectivity index (χ0) is 16.5. The number of nitrogens with two attached hydrogens (primary N) is 1. The first-order valence-corrected chi connectivity index (χ1v) is 9.62. The summed E-state index contributed by atoms with van der Waals surface area (Å²) >= 11 is 3.38. The number of rotatable bonds is 2. The van der Waals surface area contributed by atoms with Gasteiger partial charge in [-0.05, 0) is 59.4 Å². The highest BCUT2D eigenvalue weighted by atomic mass is 32.1. The van der Waals surface area contributed by atoms with Gasteiger partial charge in [0.25, 0.3) is 0 Å². The van der Waals surface area contributed by atoms with Crippen LogP contribution in [-0.2, 0) is 4.74 Å². The minimum absolute atomic E-state index is 0.0641. The molecule has 0 radical (unpaired) electrons. The van der Waals surface area contributed by atoms with E-state index in [1.54, 1.807) is 22.7 Å². The number of hydrogen-bond acceptors (Lipinski definition) is 5. The molecule has 0 aromatic carbocycles. The van der Waals surface area contributed by atoms with Crippen molar-refractivity contribution in [2.75, 3.05) is 0 Å². The van der Waals surface area contributed by atoms with Gasteiger partial charge in [0.15, 0.2) is 0 Å². The number of allylic oxidation sites excluding steroid dienone is 3. The first kappa shape index (κ1) is 15.3. The van der Waals surface area contributed by atoms with Crippen molar-refractivity contribution in [3.63, 3.8) is 0 Å². The molecule has 3 nitrogen and oxygen atoms in total. The minimum atomic E-state index is -0.0641. The van der Waals surface area contributed by atoms with E-state index in [-0.39, 0.29) is 11.8 Å². The van der Waals surface area contributed by atoms with Gasteiger partial charge in [0, 0.05) is 9.75 Å². The van der Waals surface area contributed by atoms with Crippen molar-refractivity contribution in [3.8, 4) is 6.07 Å². The Labute approximate surface area is 149 Å². The molecule has 0 fully saturated rings. The molecule has 3 heterocycles. The van der Waals surface area contributed by atoms with Crippen molar-refractivity contribution in [2.45, 2.75) is 25.2 Å². The van der Waals surface area contributed by atoms with Gasteiger partial charge in [-0.1, -0.05) is 12.1 Å². The van der Waals surface area contributed by atoms with Crippen LogP contribution in [0.4, 0.5) is 0 Å². The van der Waals surface area contributed by atoms with Gasteiger partial charge in [0.2, 0.25) is 5.88 Å². The second kappa shape index (κ2) is 6.31. The molecule has 1 aliphatic carbocycles. The zero-order valence-corrected chi connectivity index (χ0v) is 14.6. The fraction of sp³-hybridized carbons (Fsp3) is 0.211. The average molecular weight is 352 g/mol. The Bertz CT molecular complexity index is 880. The first-order chi connectivity index (χ1) is 11.8. The third kappa shape index (κ3) is 2.58. The molecule has 1 atom stereocenters. The molecule has 2 aromatic heterocycles. The maximum absolute atomic E-state index is 9.60. The Morgan fingerprint density at radius 2 is 2.04 bits per heavy atom. The number of thiophene rings is 2. The molecular weight excluding hydrogens is 336 g/mol. The Balaban J connectivity index is 1.84. The zero-order valence-electron chi connectivity index (χ0n) is 13.0. The predicted octanol–water partition coefficient (Wildman–Crippen LogP) is 5.14. The van der Waals surface area contributed by atoms with Gasteiger partial charge < -0.3 is 10.5 Å². The molecule has 1 unspecified atom stereocenters. The Morgan fingerprint density at radius 1 is 1.21 bits per heavy atom. The number of nitriles is 1. The van der Waals surface area contributed by atoms with Gasteiger partial charge in [-0.15, -0.1) is 22.7 Å². The smallest absolute Gasteiger partial charge is 0.205 e. The van der Waals surface area contributed by atoms with Crippen LogP contribution in [-0.4, -0.2) is 0 Å². The van der Waals surface area contributed by atoms with Crippen molar-refractivity contribution in [1.29, 1.82) is 5.26 Å². The Kier molecular flexibility index (Phi) is 4.01. The molecule has 0 saturated heterocycles. The maximum atomic E-state index is 9.60. The summed E-state index contributed by atoms with van der Waals surface area (Å²) in [6, 6.07) is 10.5. The number of ether oxygens (including phenoxy) is 1. The van der Waals surface area contributed by atoms with Crippen LogP contribution in [0.3, 0.4) is 0 Å². The number of nitrogens with zero attached hydrogens (tertiary/aromatic N) is 1. The van der Waals surface area contributed by atoms with Crippen LogP contribution in [0.5, 0.6) is 0 Å². The average Bonchev–Trinajstić information content (AvgIpc) is 3.28. The molecule has 2 aromatic rings. The summed E-state index contributed by atoms with van der Waals surface area (Å²) in [6.07, 6.45) is 5.18. The van der Waals surface area contributed by atoms with E-state index in [2.05, 4.69) is 29.7 Å². The lowest BCUT2D eigenvalue weighted by molar-refractivity contribution is 0.277. The summed E-state index contributed by atoms with van der Waals surface area (Å²) in [7, 11) is 0. The van der Waals surface area contributed by atoms with Crippen molar-refractivity contribution in [1.82, 2.24) is 0 Å². The van der Waals surface area contributed by atoms with E-state index in [4.69, 9.17) is 10.5 Å². The highest BCUT2D eigenvalue weighted by Gasteiger charge is 2.35. The van der Waals surface area contributed by atoms with Gasteiger partial charge in [0.05, 0.1) is 5.92 Å². The fourth-order valence-corrected chi connectivity index (χ4v) is 4.91. The van der Waals surface area contributed by atoms with E-state index in [0.29, 0.717) is 5.57 Å². The molecule has 5 heteroatoms. The molecular formula is C19H16N2OS2. The molecule has 0 spiro atoms. The third-order valence-electron chi connectivity index (χ3n) is 4.40. The van der Waals surface area contributed by atoms with Gasteiger partial charge in [0.1, 0.15) is 17.4 Å². The summed E-state index contributed by atoms with van der Waals surface area (Å²) in [5.41, 5.74) is 9.02. The van der Waals surface area contributed by atoms with E-state index in [9.17, 15) is 5.26 Å². The molecule has 0 amide bonds. The molecule has 24 heavy (non-hydrogen) atoms. The van der Waals surface area contributed by atoms with Gasteiger partial charge in [-0.25, -0.2) is 0 Å². The fourth-order valence-electron chi connectivity index (χ4n) is 3.36. The van der Waals surface area contributed by atoms with Crippen molar-refractivity contribution < 1.29 is 4.74 Å². The standard InChI is InChI=1S/C19H16N2OS2/c20-11-15-17(16-7-3-9-24-16)14-6-1-4-12(18(14)22-19(15)21)10-13-5-2-8-23-13/h2-3,5,7-10,17H,1,4,6,21H2. The Morgan fingerprint density at radius 3 is 2.75 bits per heavy atom. The van der Waals surface area contributed by atoms with E-state index >= 15 is 0 Å². The Hall–Kier alpha value is -2.29. The van der Waals surface area contributed by atoms with Crippen LogP contribution in [0.1, 0.15) is 34.9 Å². The van der Waals surface area contributed by atoms with E-state index in [1.807, 2.05) is 17.5 Å². The lowest BCUT2D eigenvalue weighted by atomic mass is 9.79. The van der Waals surface area contributed by atoms with Crippen LogP contribution in [0.2, 0.25) is 0 Å². The third-order valence-corrected chi connectivity index (χ3v) is 6.15. The second-order valence-electron chi connectivity index (χ2n) is 5.83. The lowest BCUT2D eigenvalue weighted by Crippen LogP contribution is -2.23. The number of hydrogen-bond donors (Lipinski definition) is 1. The van der Waals surface area contributed by atoms with Crippen LogP contribution in [0, 0.1) is 11.3 Å². The highest BCUT2D eigenvalue weighted by molar-refractivity contribution is 7.10. The van der Waals surface area contributed by atoms with E-state index in [0.717, 1.165) is 29.9 Å². The summed E-state index contributed by atoms with van der Waals surface area (Å²) in [5.74, 6) is 1.06. The minimum Gasteiger partial charge on any atom is -0.440 e. The van der Waals surface area contributed by atoms with Crippen LogP contribution < -0.4 is 5.73 Å². The predicted molar refractivity (Wildman–Crippen MR) is 98.1 cm³/mol. The lowest BCUT2D eigenvalue weighted by Gasteiger charge is -2.32. The molecule has 2 aliphatic rings. The first-order valence-electron chi connectivity index (χ1n) is 7.86. The van der Waals surface area contributed by atoms with Crippen LogP contribution in [0.15, 0.2) is 63.4 Å². The van der Waals surface area contributed by atoms with E-state index in [1.165, 1.54) is 16.0 Å². The van der Waals surface area contributed by atoms with Crippen molar-refractivity contribution >= 4 is 28.7 Å². The monoisotopic (exact) mass is 352 g/mol. The quantitative estimate of drug-likeness (QED) is 0.814. The molecule has 0 saturated carbocycles. The molecule has 2 N–H and O–H groups in total. The highest BCUT2D eigenvalue weighted by Crippen LogP contribution is 2.47. The molecule has 4 rings (SSSR count). The summed E-state index contributed by atoms with van der Waals surface area (Å²) < 4.78 is 5.94. The van der Waals surface area contributed by atoms with E-state index < -0.39 is 0 Å². The van der Waals surface area contributed by atoms with Gasteiger partial charge >= 0.3 is 0 Å². The van der Waals surface area contributed by atoms with Crippen LogP contribution >= 0.6 is 22.7 Å². The normalized spacial score (nSPS) is 22.3. The van der Waals surface area contributed by atoms with Gasteiger partial charge in [-0.3, -0.25) is 0 Å². The SMILES string of the molecule is N#CC1=C(N)OC2=C(CCCC2=Cc2cccs2)C1c1cccs1. The summed E-state index contributed by atoms with van der Waals surface area (Å²) in [6.45, 7) is 0. The van der Waals surface area contributed by atoms with Crippen molar-refractivity contribution in [2.24, 2.45) is 5.73 Å². The summed E-state index contributed by atoms with van der Waals surface area (Å²) in [5, 5.41) is 13.7.